The van der Waals surface area contributed by atoms with Gasteiger partial charge in [-0.05, 0) is 6.07 Å². The van der Waals surface area contributed by atoms with Gasteiger partial charge in [0.2, 0.25) is 5.79 Å². The van der Waals surface area contributed by atoms with E-state index in [0.717, 1.165) is 12.3 Å². The van der Waals surface area contributed by atoms with Crippen LogP contribution in [0.3, 0.4) is 0 Å². The Morgan fingerprint density at radius 3 is 2.59 bits per heavy atom. The first-order valence-corrected chi connectivity index (χ1v) is 6.30. The van der Waals surface area contributed by atoms with Crippen molar-refractivity contribution in [2.24, 2.45) is 0 Å². The summed E-state index contributed by atoms with van der Waals surface area (Å²) < 4.78 is 5.33. The third-order valence-electron chi connectivity index (χ3n) is 3.53. The number of rotatable bonds is 3. The average molecular weight is 319 g/mol. The van der Waals surface area contributed by atoms with Crippen molar-refractivity contribution in [1.82, 2.24) is 9.55 Å². The fourth-order valence-electron chi connectivity index (χ4n) is 2.25. The Morgan fingerprint density at radius 1 is 1.41 bits per heavy atom. The van der Waals surface area contributed by atoms with E-state index in [1.165, 1.54) is 0 Å². The summed E-state index contributed by atoms with van der Waals surface area (Å²) in [6.45, 7) is -0.822. The first-order chi connectivity index (χ1) is 10.2. The van der Waals surface area contributed by atoms with Crippen LogP contribution < -0.4 is 11.4 Å². The van der Waals surface area contributed by atoms with Crippen molar-refractivity contribution in [1.29, 1.82) is 0 Å². The van der Waals surface area contributed by atoms with Crippen LogP contribution in [0.5, 0.6) is 0 Å². The molecule has 0 saturated carbocycles. The van der Waals surface area contributed by atoms with Crippen LogP contribution in [0.25, 0.3) is 0 Å². The molecular weight excluding hydrogens is 302 g/mol. The number of hydrogen-bond donors (Lipinski definition) is 7. The first kappa shape index (κ1) is 16.8. The normalized spacial score (nSPS) is 37.0. The summed E-state index contributed by atoms with van der Waals surface area (Å²) in [5.41, 5.74) is 4.47. The van der Waals surface area contributed by atoms with Gasteiger partial charge in [0.15, 0.2) is 6.23 Å². The molecule has 8 N–H and O–H groups in total. The van der Waals surface area contributed by atoms with Crippen LogP contribution in [0, 0.1) is 0 Å². The molecule has 0 aromatic carbocycles. The van der Waals surface area contributed by atoms with Crippen molar-refractivity contribution in [2.45, 2.75) is 36.4 Å². The van der Waals surface area contributed by atoms with E-state index in [1.54, 1.807) is 0 Å². The lowest BCUT2D eigenvalue weighted by Gasteiger charge is -2.47. The minimum absolute atomic E-state index is 0.294. The predicted molar refractivity (Wildman–Crippen MR) is 69.1 cm³/mol. The molecule has 0 aliphatic carbocycles. The molecule has 0 amide bonds. The van der Waals surface area contributed by atoms with Crippen LogP contribution >= 0.6 is 0 Å². The molecular formula is C11H17N3O8. The molecule has 22 heavy (non-hydrogen) atoms. The summed E-state index contributed by atoms with van der Waals surface area (Å²) in [6.07, 6.45) is -8.54. The van der Waals surface area contributed by atoms with Gasteiger partial charge in [-0.25, -0.2) is 14.3 Å². The van der Waals surface area contributed by atoms with Crippen molar-refractivity contribution in [2.75, 3.05) is 12.3 Å². The van der Waals surface area contributed by atoms with Crippen molar-refractivity contribution in [3.05, 3.63) is 22.7 Å². The van der Waals surface area contributed by atoms with Crippen molar-refractivity contribution in [3.8, 4) is 0 Å². The Kier molecular flexibility index (Phi) is 4.49. The van der Waals surface area contributed by atoms with E-state index >= 15 is 0 Å². The monoisotopic (exact) mass is 319 g/mol. The third kappa shape index (κ3) is 2.48. The lowest BCUT2D eigenvalue weighted by molar-refractivity contribution is -0.388. The zero-order valence-electron chi connectivity index (χ0n) is 11.2. The number of nitrogens with zero attached hydrogens (tertiary/aromatic N) is 2. The summed E-state index contributed by atoms with van der Waals surface area (Å²) in [7, 11) is 0. The molecule has 0 spiro atoms. The molecule has 0 bridgehead atoms. The number of hydrogen-bond acceptors (Lipinski definition) is 10. The maximum absolute atomic E-state index is 11.7. The minimum atomic E-state index is -2.91. The number of aliphatic hydroxyl groups is 6. The summed E-state index contributed by atoms with van der Waals surface area (Å²) in [6, 6.07) is 1.15. The first-order valence-electron chi connectivity index (χ1n) is 6.30. The number of anilines is 1. The van der Waals surface area contributed by atoms with Crippen molar-refractivity contribution < 1.29 is 35.4 Å². The van der Waals surface area contributed by atoms with E-state index < -0.39 is 48.7 Å². The molecule has 1 aliphatic heterocycles. The van der Waals surface area contributed by atoms with Gasteiger partial charge >= 0.3 is 5.69 Å². The number of nitrogens with two attached hydrogens (primary N) is 1. The third-order valence-corrected chi connectivity index (χ3v) is 3.53. The molecule has 1 fully saturated rings. The van der Waals surface area contributed by atoms with Gasteiger partial charge in [0.05, 0.1) is 6.61 Å². The maximum atomic E-state index is 11.7. The van der Waals surface area contributed by atoms with Crippen molar-refractivity contribution in [3.63, 3.8) is 0 Å². The highest BCUT2D eigenvalue weighted by Crippen LogP contribution is 2.35. The van der Waals surface area contributed by atoms with Crippen LogP contribution in [-0.4, -0.2) is 77.0 Å². The molecule has 6 atom stereocenters. The summed E-state index contributed by atoms with van der Waals surface area (Å²) in [5.74, 6) is -3.20. The van der Waals surface area contributed by atoms with Gasteiger partial charge in [-0.2, -0.15) is 0 Å². The van der Waals surface area contributed by atoms with E-state index in [1.807, 2.05) is 0 Å². The van der Waals surface area contributed by atoms with Gasteiger partial charge in [0, 0.05) is 6.20 Å². The highest BCUT2D eigenvalue weighted by atomic mass is 16.7. The molecule has 11 heteroatoms. The Balaban J connectivity index is 2.46. The number of aromatic nitrogens is 2. The van der Waals surface area contributed by atoms with E-state index in [4.69, 9.17) is 15.6 Å². The predicted octanol–water partition coefficient (Wildman–Crippen LogP) is -4.52. The van der Waals surface area contributed by atoms with Crippen LogP contribution in [0.4, 0.5) is 5.82 Å². The largest absolute Gasteiger partial charge is 0.394 e. The number of ether oxygens (including phenoxy) is 1. The van der Waals surface area contributed by atoms with E-state index in [2.05, 4.69) is 4.98 Å². The zero-order chi connectivity index (χ0) is 16.7. The van der Waals surface area contributed by atoms with Gasteiger partial charge in [0.1, 0.15) is 30.2 Å². The Hall–Kier alpha value is -1.60. The molecule has 124 valence electrons. The molecule has 1 aromatic heterocycles. The average Bonchev–Trinajstić information content (AvgIpc) is 2.48. The molecule has 1 aliphatic rings. The van der Waals surface area contributed by atoms with Crippen LogP contribution in [-0.2, 0) is 4.74 Å². The smallest absolute Gasteiger partial charge is 0.351 e. The number of aliphatic hydroxyl groups excluding tert-OH is 5. The van der Waals surface area contributed by atoms with E-state index in [-0.39, 0.29) is 5.82 Å². The fourth-order valence-corrected chi connectivity index (χ4v) is 2.25. The van der Waals surface area contributed by atoms with E-state index in [0.29, 0.717) is 4.57 Å². The van der Waals surface area contributed by atoms with Crippen LogP contribution in [0.1, 0.15) is 6.23 Å². The van der Waals surface area contributed by atoms with Gasteiger partial charge in [-0.1, -0.05) is 0 Å². The molecule has 0 radical (unpaired) electrons. The maximum Gasteiger partial charge on any atom is 0.351 e. The molecule has 2 unspecified atom stereocenters. The quantitative estimate of drug-likeness (QED) is 0.285. The van der Waals surface area contributed by atoms with Crippen LogP contribution in [0.2, 0.25) is 0 Å². The van der Waals surface area contributed by atoms with Crippen molar-refractivity contribution >= 4 is 5.82 Å². The van der Waals surface area contributed by atoms with Gasteiger partial charge in [0.25, 0.3) is 0 Å². The lowest BCUT2D eigenvalue weighted by atomic mass is 9.91. The Bertz CT molecular complexity index is 593. The molecule has 2 rings (SSSR count). The second-order valence-corrected chi connectivity index (χ2v) is 4.91. The molecule has 2 heterocycles. The van der Waals surface area contributed by atoms with Gasteiger partial charge < -0.3 is 41.1 Å². The Morgan fingerprint density at radius 2 is 2.05 bits per heavy atom. The Labute approximate surface area is 123 Å². The van der Waals surface area contributed by atoms with Gasteiger partial charge in [-0.15, -0.1) is 0 Å². The summed E-state index contributed by atoms with van der Waals surface area (Å²) >= 11 is 0. The standard InChI is InChI=1S/C11H17N3O8/c12-5-1-2-13-10(20)14(5)9(19)11(21)8(18)7(17)6(16)4(3-15)22-11/h1-2,4,6-9,15-19,21H,3,12H2/t4-,6-,7+,8-,9?,11?/m1/s1. The molecule has 1 saturated heterocycles. The molecule has 1 aromatic rings. The lowest BCUT2D eigenvalue weighted by Crippen LogP contribution is -2.68. The van der Waals surface area contributed by atoms with Crippen LogP contribution in [0.15, 0.2) is 17.1 Å². The topological polar surface area (TPSA) is 192 Å². The highest BCUT2D eigenvalue weighted by Gasteiger charge is 2.57. The zero-order valence-corrected chi connectivity index (χ0v) is 11.2. The second-order valence-electron chi connectivity index (χ2n) is 4.91. The SMILES string of the molecule is Nc1ccnc(=O)n1C(O)C1(O)O[C@H](CO)[C@@H](O)[C@H](O)[C@H]1O. The highest BCUT2D eigenvalue weighted by molar-refractivity contribution is 5.27. The summed E-state index contributed by atoms with van der Waals surface area (Å²) in [4.78, 5) is 15.0. The second kappa shape index (κ2) is 5.89. The fraction of sp³-hybridized carbons (Fsp3) is 0.636. The number of nitrogen functional groups attached to an aromatic ring is 1. The molecule has 11 nitrogen and oxygen atoms in total. The van der Waals surface area contributed by atoms with Gasteiger partial charge in [-0.3, -0.25) is 0 Å². The minimum Gasteiger partial charge on any atom is -0.394 e. The van der Waals surface area contributed by atoms with E-state index in [9.17, 15) is 30.3 Å². The summed E-state index contributed by atoms with van der Waals surface area (Å²) in [5, 5.41) is 58.8.